The summed E-state index contributed by atoms with van der Waals surface area (Å²) in [5.74, 6) is -0.872. The van der Waals surface area contributed by atoms with Crippen molar-refractivity contribution >= 4 is 33.3 Å². The van der Waals surface area contributed by atoms with Crippen molar-refractivity contribution in [1.82, 2.24) is 14.4 Å². The van der Waals surface area contributed by atoms with Gasteiger partial charge in [-0.3, -0.25) is 4.79 Å². The first-order valence-corrected chi connectivity index (χ1v) is 15.3. The first-order valence-electron chi connectivity index (χ1n) is 13.9. The van der Waals surface area contributed by atoms with Crippen LogP contribution in [0.1, 0.15) is 41.2 Å². The summed E-state index contributed by atoms with van der Waals surface area (Å²) in [6, 6.07) is 6.86. The number of hydrogen-bond donors (Lipinski definition) is 3. The second-order valence-corrected chi connectivity index (χ2v) is 12.9. The first kappa shape index (κ1) is 33.7. The van der Waals surface area contributed by atoms with Crippen molar-refractivity contribution < 1.29 is 45.5 Å². The molecule has 1 aliphatic rings. The molecule has 2 aromatic carbocycles. The highest BCUT2D eigenvalue weighted by Gasteiger charge is 2.37. The standard InChI is InChI=1S/C29H34F3N5O7S/c1-16-13-37(17(2)15-38)27(39)22-7-6-8-23(34-28(40)33-21-11-9-20(10-12-21)29(30,31)32)25(22)43-24(16)14-36(5)45(41,42)26-18(3)35-44-19(26)4/h6-12,16-17,24,38H,13-15H2,1-5H3,(H2,33,34,40)/t16-,17+,24+/m0/s1. The van der Waals surface area contributed by atoms with Crippen molar-refractivity contribution in [2.75, 3.05) is 37.4 Å². The van der Waals surface area contributed by atoms with Gasteiger partial charge in [0.15, 0.2) is 11.5 Å². The number of halogens is 3. The van der Waals surface area contributed by atoms with Crippen molar-refractivity contribution in [3.8, 4) is 5.75 Å². The van der Waals surface area contributed by atoms with Crippen LogP contribution in [0.15, 0.2) is 51.9 Å². The first-order chi connectivity index (χ1) is 21.0. The second kappa shape index (κ2) is 13.1. The number of carbonyl (C=O) groups is 2. The van der Waals surface area contributed by atoms with Crippen LogP contribution in [0.5, 0.6) is 5.75 Å². The average molecular weight is 654 g/mol. The Bertz CT molecular complexity index is 1640. The molecule has 3 atom stereocenters. The topological polar surface area (TPSA) is 154 Å². The van der Waals surface area contributed by atoms with E-state index in [-0.39, 0.29) is 58.7 Å². The molecule has 0 bridgehead atoms. The Morgan fingerprint density at radius 2 is 1.84 bits per heavy atom. The van der Waals surface area contributed by atoms with E-state index in [2.05, 4.69) is 15.8 Å². The number of hydrogen-bond acceptors (Lipinski definition) is 8. The summed E-state index contributed by atoms with van der Waals surface area (Å²) in [6.07, 6.45) is -5.40. The maximum atomic E-state index is 13.7. The number of nitrogens with one attached hydrogen (secondary N) is 2. The molecule has 2 heterocycles. The van der Waals surface area contributed by atoms with Crippen molar-refractivity contribution in [3.63, 3.8) is 0 Å². The molecule has 45 heavy (non-hydrogen) atoms. The minimum absolute atomic E-state index is 0.0418. The Morgan fingerprint density at radius 3 is 2.42 bits per heavy atom. The van der Waals surface area contributed by atoms with E-state index in [0.717, 1.165) is 28.6 Å². The lowest BCUT2D eigenvalue weighted by molar-refractivity contribution is -0.137. The molecule has 0 radical (unpaired) electrons. The van der Waals surface area contributed by atoms with E-state index in [0.29, 0.717) is 0 Å². The van der Waals surface area contributed by atoms with Crippen LogP contribution in [0.4, 0.5) is 29.3 Å². The van der Waals surface area contributed by atoms with E-state index in [1.165, 1.54) is 44.0 Å². The third-order valence-corrected chi connectivity index (χ3v) is 9.55. The minimum Gasteiger partial charge on any atom is -0.486 e. The van der Waals surface area contributed by atoms with Crippen LogP contribution in [-0.4, -0.2) is 78.7 Å². The number of ether oxygens (including phenoxy) is 1. The van der Waals surface area contributed by atoms with E-state index < -0.39 is 51.8 Å². The lowest BCUT2D eigenvalue weighted by Crippen LogP contribution is -2.50. The zero-order valence-corrected chi connectivity index (χ0v) is 26.0. The molecular weight excluding hydrogens is 619 g/mol. The number of nitrogens with zero attached hydrogens (tertiary/aromatic N) is 3. The number of likely N-dealkylation sites (N-methyl/N-ethyl adjacent to an activating group) is 1. The Balaban J connectivity index is 1.67. The zero-order chi connectivity index (χ0) is 33.3. The molecule has 16 heteroatoms. The summed E-state index contributed by atoms with van der Waals surface area (Å²) in [4.78, 5) is 28.0. The lowest BCUT2D eigenvalue weighted by atomic mass is 9.99. The number of amides is 3. The van der Waals surface area contributed by atoms with Gasteiger partial charge < -0.3 is 29.9 Å². The number of carbonyl (C=O) groups excluding carboxylic acids is 2. The molecule has 3 aromatic rings. The number of sulfonamides is 1. The van der Waals surface area contributed by atoms with E-state index in [1.807, 2.05) is 0 Å². The highest BCUT2D eigenvalue weighted by molar-refractivity contribution is 7.89. The fraction of sp³-hybridized carbons (Fsp3) is 0.414. The van der Waals surface area contributed by atoms with Crippen molar-refractivity contribution in [2.24, 2.45) is 5.92 Å². The molecule has 1 aliphatic heterocycles. The normalized spacial score (nSPS) is 18.1. The maximum Gasteiger partial charge on any atom is 0.416 e. The summed E-state index contributed by atoms with van der Waals surface area (Å²) in [5.41, 5.74) is -0.506. The Kier molecular flexibility index (Phi) is 9.80. The number of aryl methyl sites for hydroxylation is 2. The average Bonchev–Trinajstić information content (AvgIpc) is 3.32. The van der Waals surface area contributed by atoms with Gasteiger partial charge in [0.05, 0.1) is 36.0 Å². The predicted molar refractivity (Wildman–Crippen MR) is 157 cm³/mol. The van der Waals surface area contributed by atoms with Crippen molar-refractivity contribution in [1.29, 1.82) is 0 Å². The van der Waals surface area contributed by atoms with Gasteiger partial charge in [-0.25, -0.2) is 13.2 Å². The molecule has 3 N–H and O–H groups in total. The SMILES string of the molecule is Cc1noc(C)c1S(=O)(=O)N(C)C[C@H]1Oc2c(NC(=O)Nc3ccc(C(F)(F)F)cc3)cccc2C(=O)N([C@H](C)CO)C[C@@H]1C. The molecule has 0 saturated carbocycles. The fourth-order valence-corrected chi connectivity index (χ4v) is 6.40. The van der Waals surface area contributed by atoms with Crippen LogP contribution in [0.25, 0.3) is 0 Å². The van der Waals surface area contributed by atoms with Gasteiger partial charge in [-0.05, 0) is 57.2 Å². The van der Waals surface area contributed by atoms with E-state index >= 15 is 0 Å². The molecule has 3 amide bonds. The fourth-order valence-electron chi connectivity index (χ4n) is 4.94. The molecule has 12 nitrogen and oxygen atoms in total. The Hall–Kier alpha value is -4.15. The Morgan fingerprint density at radius 1 is 1.18 bits per heavy atom. The largest absolute Gasteiger partial charge is 0.486 e. The predicted octanol–water partition coefficient (Wildman–Crippen LogP) is 4.50. The number of aliphatic hydroxyl groups excluding tert-OH is 1. The van der Waals surface area contributed by atoms with Crippen LogP contribution < -0.4 is 15.4 Å². The zero-order valence-electron chi connectivity index (χ0n) is 25.2. The number of anilines is 2. The number of para-hydroxylation sites is 1. The maximum absolute atomic E-state index is 13.7. The number of fused-ring (bicyclic) bond motifs is 1. The molecule has 0 fully saturated rings. The van der Waals surface area contributed by atoms with Crippen LogP contribution >= 0.6 is 0 Å². The number of aromatic nitrogens is 1. The molecule has 0 unspecified atom stereocenters. The van der Waals surface area contributed by atoms with E-state index in [9.17, 15) is 36.3 Å². The Labute approximate surface area is 258 Å². The number of benzene rings is 2. The summed E-state index contributed by atoms with van der Waals surface area (Å²) in [5, 5.41) is 18.7. The summed E-state index contributed by atoms with van der Waals surface area (Å²) in [6.45, 7) is 6.03. The molecular formula is C29H34F3N5O7S. The molecule has 0 saturated heterocycles. The van der Waals surface area contributed by atoms with Gasteiger partial charge in [-0.2, -0.15) is 17.5 Å². The number of aliphatic hydroxyl groups is 1. The van der Waals surface area contributed by atoms with Gasteiger partial charge >= 0.3 is 12.2 Å². The second-order valence-electron chi connectivity index (χ2n) is 10.9. The van der Waals surface area contributed by atoms with Gasteiger partial charge in [0.2, 0.25) is 10.0 Å². The molecule has 244 valence electrons. The van der Waals surface area contributed by atoms with E-state index in [1.54, 1.807) is 13.8 Å². The quantitative estimate of drug-likeness (QED) is 0.321. The third-order valence-electron chi connectivity index (χ3n) is 7.48. The van der Waals surface area contributed by atoms with E-state index in [4.69, 9.17) is 9.26 Å². The van der Waals surface area contributed by atoms with Gasteiger partial charge in [-0.1, -0.05) is 18.1 Å². The molecule has 0 aliphatic carbocycles. The monoisotopic (exact) mass is 653 g/mol. The number of rotatable bonds is 8. The third kappa shape index (κ3) is 7.23. The lowest BCUT2D eigenvalue weighted by Gasteiger charge is -2.38. The van der Waals surface area contributed by atoms with Gasteiger partial charge in [0.25, 0.3) is 5.91 Å². The molecule has 0 spiro atoms. The molecule has 1 aromatic heterocycles. The van der Waals surface area contributed by atoms with Gasteiger partial charge in [-0.15, -0.1) is 0 Å². The summed E-state index contributed by atoms with van der Waals surface area (Å²) in [7, 11) is -2.70. The number of urea groups is 1. The minimum atomic E-state index is -4.54. The van der Waals surface area contributed by atoms with Crippen LogP contribution in [0.3, 0.4) is 0 Å². The van der Waals surface area contributed by atoms with Gasteiger partial charge in [0, 0.05) is 25.2 Å². The summed E-state index contributed by atoms with van der Waals surface area (Å²) < 4.78 is 78.3. The number of alkyl halides is 3. The molecule has 4 rings (SSSR count). The highest BCUT2D eigenvalue weighted by Crippen LogP contribution is 2.36. The summed E-state index contributed by atoms with van der Waals surface area (Å²) >= 11 is 0. The van der Waals surface area contributed by atoms with Gasteiger partial charge in [0.1, 0.15) is 16.7 Å². The van der Waals surface area contributed by atoms with Crippen molar-refractivity contribution in [2.45, 2.75) is 50.9 Å². The van der Waals surface area contributed by atoms with Crippen LogP contribution in [0.2, 0.25) is 0 Å². The van der Waals surface area contributed by atoms with Crippen LogP contribution in [-0.2, 0) is 16.2 Å². The van der Waals surface area contributed by atoms with Crippen molar-refractivity contribution in [3.05, 3.63) is 65.0 Å². The highest BCUT2D eigenvalue weighted by atomic mass is 32.2. The smallest absolute Gasteiger partial charge is 0.416 e. The van der Waals surface area contributed by atoms with Crippen LogP contribution in [0, 0.1) is 19.8 Å².